The summed E-state index contributed by atoms with van der Waals surface area (Å²) < 4.78 is 10.6. The van der Waals surface area contributed by atoms with Gasteiger partial charge < -0.3 is 14.8 Å². The highest BCUT2D eigenvalue weighted by Crippen LogP contribution is 2.25. The van der Waals surface area contributed by atoms with Crippen molar-refractivity contribution >= 4 is 5.82 Å². The summed E-state index contributed by atoms with van der Waals surface area (Å²) in [6.07, 6.45) is 1.88. The fraction of sp³-hybridized carbons (Fsp3) is 0.312. The van der Waals surface area contributed by atoms with Gasteiger partial charge in [-0.2, -0.15) is 0 Å². The fourth-order valence-corrected chi connectivity index (χ4v) is 1.90. The summed E-state index contributed by atoms with van der Waals surface area (Å²) in [5.41, 5.74) is 3.48. The van der Waals surface area contributed by atoms with Gasteiger partial charge in [0, 0.05) is 24.4 Å². The number of aryl methyl sites for hydroxylation is 2. The van der Waals surface area contributed by atoms with Gasteiger partial charge in [-0.3, -0.25) is 0 Å². The van der Waals surface area contributed by atoms with Crippen molar-refractivity contribution in [1.82, 2.24) is 4.98 Å². The number of rotatable bonds is 5. The molecule has 0 fully saturated rings. The largest absolute Gasteiger partial charge is 0.497 e. The molecule has 0 unspecified atom stereocenters. The first-order valence-corrected chi connectivity index (χ1v) is 6.52. The highest BCUT2D eigenvalue weighted by atomic mass is 16.5. The first kappa shape index (κ1) is 14.2. The third kappa shape index (κ3) is 3.20. The number of benzene rings is 1. The Balaban J connectivity index is 2.12. The summed E-state index contributed by atoms with van der Waals surface area (Å²) in [5, 5.41) is 3.31. The standard InChI is InChI=1S/C16H20N2O2/c1-11-7-16(17-9-12(11)2)18-10-13-5-6-14(19-3)8-15(13)20-4/h5-9H,10H2,1-4H3,(H,17,18). The maximum Gasteiger partial charge on any atom is 0.127 e. The van der Waals surface area contributed by atoms with E-state index in [0.29, 0.717) is 6.54 Å². The van der Waals surface area contributed by atoms with Gasteiger partial charge >= 0.3 is 0 Å². The zero-order valence-electron chi connectivity index (χ0n) is 12.4. The van der Waals surface area contributed by atoms with Crippen molar-refractivity contribution in [2.24, 2.45) is 0 Å². The molecule has 1 aromatic carbocycles. The summed E-state index contributed by atoms with van der Waals surface area (Å²) in [6.45, 7) is 4.79. The molecule has 0 saturated carbocycles. The van der Waals surface area contributed by atoms with Crippen molar-refractivity contribution in [2.75, 3.05) is 19.5 Å². The van der Waals surface area contributed by atoms with Gasteiger partial charge in [-0.05, 0) is 43.2 Å². The zero-order chi connectivity index (χ0) is 14.5. The Morgan fingerprint density at radius 1 is 1.05 bits per heavy atom. The van der Waals surface area contributed by atoms with E-state index < -0.39 is 0 Å². The maximum absolute atomic E-state index is 5.38. The third-order valence-corrected chi connectivity index (χ3v) is 3.33. The Labute approximate surface area is 119 Å². The predicted molar refractivity (Wildman–Crippen MR) is 80.6 cm³/mol. The molecule has 20 heavy (non-hydrogen) atoms. The van der Waals surface area contributed by atoms with E-state index in [9.17, 15) is 0 Å². The number of hydrogen-bond donors (Lipinski definition) is 1. The summed E-state index contributed by atoms with van der Waals surface area (Å²) in [6, 6.07) is 7.84. The molecule has 4 nitrogen and oxygen atoms in total. The van der Waals surface area contributed by atoms with Crippen molar-refractivity contribution in [1.29, 1.82) is 0 Å². The lowest BCUT2D eigenvalue weighted by atomic mass is 10.1. The smallest absolute Gasteiger partial charge is 0.127 e. The third-order valence-electron chi connectivity index (χ3n) is 3.33. The molecule has 0 saturated heterocycles. The molecule has 106 valence electrons. The molecule has 2 aromatic rings. The predicted octanol–water partition coefficient (Wildman–Crippen LogP) is 3.33. The first-order valence-electron chi connectivity index (χ1n) is 6.52. The summed E-state index contributed by atoms with van der Waals surface area (Å²) in [4.78, 5) is 4.37. The quantitative estimate of drug-likeness (QED) is 0.906. The molecule has 0 bridgehead atoms. The average molecular weight is 272 g/mol. The molecule has 0 aliphatic heterocycles. The maximum atomic E-state index is 5.38. The molecule has 0 spiro atoms. The fourth-order valence-electron chi connectivity index (χ4n) is 1.90. The van der Waals surface area contributed by atoms with Gasteiger partial charge in [0.1, 0.15) is 17.3 Å². The molecule has 1 aromatic heterocycles. The minimum Gasteiger partial charge on any atom is -0.497 e. The van der Waals surface area contributed by atoms with E-state index in [-0.39, 0.29) is 0 Å². The van der Waals surface area contributed by atoms with Crippen LogP contribution in [0.3, 0.4) is 0 Å². The van der Waals surface area contributed by atoms with Crippen molar-refractivity contribution < 1.29 is 9.47 Å². The first-order chi connectivity index (χ1) is 9.63. The van der Waals surface area contributed by atoms with E-state index in [0.717, 1.165) is 22.9 Å². The number of nitrogens with one attached hydrogen (secondary N) is 1. The molecule has 0 atom stereocenters. The van der Waals surface area contributed by atoms with E-state index >= 15 is 0 Å². The topological polar surface area (TPSA) is 43.4 Å². The molecule has 1 heterocycles. The number of methoxy groups -OCH3 is 2. The number of aromatic nitrogens is 1. The van der Waals surface area contributed by atoms with E-state index in [1.165, 1.54) is 11.1 Å². The van der Waals surface area contributed by atoms with Crippen LogP contribution < -0.4 is 14.8 Å². The molecule has 0 aliphatic carbocycles. The molecule has 0 amide bonds. The SMILES string of the molecule is COc1ccc(CNc2cc(C)c(C)cn2)c(OC)c1. The Hall–Kier alpha value is -2.23. The van der Waals surface area contributed by atoms with Crippen LogP contribution in [-0.2, 0) is 6.54 Å². The minimum atomic E-state index is 0.655. The molecular formula is C16H20N2O2. The summed E-state index contributed by atoms with van der Waals surface area (Å²) in [5.74, 6) is 2.46. The molecule has 4 heteroatoms. The minimum absolute atomic E-state index is 0.655. The zero-order valence-corrected chi connectivity index (χ0v) is 12.4. The lowest BCUT2D eigenvalue weighted by Gasteiger charge is -2.12. The monoisotopic (exact) mass is 272 g/mol. The molecule has 0 aliphatic rings. The highest BCUT2D eigenvalue weighted by Gasteiger charge is 2.05. The molecule has 2 rings (SSSR count). The van der Waals surface area contributed by atoms with Gasteiger partial charge in [-0.15, -0.1) is 0 Å². The Morgan fingerprint density at radius 3 is 2.50 bits per heavy atom. The van der Waals surface area contributed by atoms with Crippen LogP contribution in [0, 0.1) is 13.8 Å². The van der Waals surface area contributed by atoms with E-state index in [2.05, 4.69) is 24.1 Å². The normalized spacial score (nSPS) is 10.2. The number of ether oxygens (including phenoxy) is 2. The number of anilines is 1. The molecule has 0 radical (unpaired) electrons. The van der Waals surface area contributed by atoms with Gasteiger partial charge in [0.2, 0.25) is 0 Å². The van der Waals surface area contributed by atoms with Crippen molar-refractivity contribution in [2.45, 2.75) is 20.4 Å². The van der Waals surface area contributed by atoms with E-state index in [1.807, 2.05) is 30.5 Å². The van der Waals surface area contributed by atoms with Crippen molar-refractivity contribution in [3.05, 3.63) is 47.2 Å². The second-order valence-corrected chi connectivity index (χ2v) is 4.69. The van der Waals surface area contributed by atoms with Crippen molar-refractivity contribution in [3.63, 3.8) is 0 Å². The van der Waals surface area contributed by atoms with Crippen LogP contribution >= 0.6 is 0 Å². The van der Waals surface area contributed by atoms with Gasteiger partial charge in [-0.1, -0.05) is 0 Å². The van der Waals surface area contributed by atoms with Crippen LogP contribution in [0.4, 0.5) is 5.82 Å². The van der Waals surface area contributed by atoms with Crippen LogP contribution in [0.15, 0.2) is 30.5 Å². The molecular weight excluding hydrogens is 252 g/mol. The molecule has 1 N–H and O–H groups in total. The Bertz CT molecular complexity index is 597. The van der Waals surface area contributed by atoms with Crippen LogP contribution in [-0.4, -0.2) is 19.2 Å². The second-order valence-electron chi connectivity index (χ2n) is 4.69. The van der Waals surface area contributed by atoms with Crippen LogP contribution in [0.25, 0.3) is 0 Å². The van der Waals surface area contributed by atoms with Crippen LogP contribution in [0.1, 0.15) is 16.7 Å². The lowest BCUT2D eigenvalue weighted by Crippen LogP contribution is -2.04. The number of pyridine rings is 1. The second kappa shape index (κ2) is 6.28. The lowest BCUT2D eigenvalue weighted by molar-refractivity contribution is 0.391. The number of hydrogen-bond acceptors (Lipinski definition) is 4. The van der Waals surface area contributed by atoms with Crippen molar-refractivity contribution in [3.8, 4) is 11.5 Å². The van der Waals surface area contributed by atoms with Gasteiger partial charge in [0.15, 0.2) is 0 Å². The average Bonchev–Trinajstić information content (AvgIpc) is 2.48. The van der Waals surface area contributed by atoms with Crippen LogP contribution in [0.2, 0.25) is 0 Å². The Morgan fingerprint density at radius 2 is 1.85 bits per heavy atom. The van der Waals surface area contributed by atoms with Gasteiger partial charge in [0.05, 0.1) is 14.2 Å². The number of nitrogens with zero attached hydrogens (tertiary/aromatic N) is 1. The van der Waals surface area contributed by atoms with Gasteiger partial charge in [0.25, 0.3) is 0 Å². The Kier molecular flexibility index (Phi) is 4.45. The highest BCUT2D eigenvalue weighted by molar-refractivity contribution is 5.45. The van der Waals surface area contributed by atoms with E-state index in [4.69, 9.17) is 9.47 Å². The van der Waals surface area contributed by atoms with Gasteiger partial charge in [-0.25, -0.2) is 4.98 Å². The van der Waals surface area contributed by atoms with Crippen LogP contribution in [0.5, 0.6) is 11.5 Å². The summed E-state index contributed by atoms with van der Waals surface area (Å²) >= 11 is 0. The summed E-state index contributed by atoms with van der Waals surface area (Å²) in [7, 11) is 3.30. The van der Waals surface area contributed by atoms with E-state index in [1.54, 1.807) is 14.2 Å².